The van der Waals surface area contributed by atoms with Gasteiger partial charge in [-0.3, -0.25) is 9.59 Å². The lowest BCUT2D eigenvalue weighted by Gasteiger charge is -2.43. The van der Waals surface area contributed by atoms with Crippen LogP contribution in [0.3, 0.4) is 0 Å². The molecule has 0 aromatic heterocycles. The standard InChI is InChI=1S/C22H21NO5/c1-12(24)17-11-23-21-22(13(2)25,18-10-15(26)6-9-19(18)28-21)20(17)14-4-7-16(27-3)8-5-14/h4-11,20-21,23,26H,1-3H3/t20-,21+,22+/m1/s1. The third kappa shape index (κ3) is 2.41. The molecule has 6 heteroatoms. The van der Waals surface area contributed by atoms with Crippen LogP contribution in [0.2, 0.25) is 0 Å². The van der Waals surface area contributed by atoms with Gasteiger partial charge in [-0.15, -0.1) is 0 Å². The van der Waals surface area contributed by atoms with Gasteiger partial charge in [0.25, 0.3) is 0 Å². The van der Waals surface area contributed by atoms with Crippen LogP contribution in [0.15, 0.2) is 54.2 Å². The van der Waals surface area contributed by atoms with Crippen molar-refractivity contribution in [3.05, 3.63) is 65.4 Å². The quantitative estimate of drug-likeness (QED) is 0.850. The Bertz CT molecular complexity index is 994. The van der Waals surface area contributed by atoms with Crippen LogP contribution in [0.25, 0.3) is 0 Å². The number of nitrogens with one attached hydrogen (secondary N) is 1. The highest BCUT2D eigenvalue weighted by atomic mass is 16.5. The number of ether oxygens (including phenoxy) is 2. The maximum atomic E-state index is 13.2. The van der Waals surface area contributed by atoms with Gasteiger partial charge < -0.3 is 19.9 Å². The minimum absolute atomic E-state index is 0.0380. The molecule has 0 fully saturated rings. The Hall–Kier alpha value is -3.28. The van der Waals surface area contributed by atoms with Gasteiger partial charge in [-0.1, -0.05) is 12.1 Å². The van der Waals surface area contributed by atoms with Crippen molar-refractivity contribution in [1.82, 2.24) is 5.32 Å². The number of Topliss-reactive ketones (excluding diaryl/α,β-unsaturated/α-hetero) is 2. The predicted molar refractivity (Wildman–Crippen MR) is 103 cm³/mol. The third-order valence-electron chi connectivity index (χ3n) is 5.66. The largest absolute Gasteiger partial charge is 0.508 e. The molecular formula is C22H21NO5. The van der Waals surface area contributed by atoms with Crippen molar-refractivity contribution < 1.29 is 24.2 Å². The van der Waals surface area contributed by atoms with Gasteiger partial charge in [0.15, 0.2) is 12.0 Å². The molecule has 2 aromatic rings. The summed E-state index contributed by atoms with van der Waals surface area (Å²) >= 11 is 0. The second-order valence-corrected chi connectivity index (χ2v) is 7.13. The van der Waals surface area contributed by atoms with Crippen LogP contribution in [0.5, 0.6) is 17.2 Å². The fourth-order valence-corrected chi connectivity index (χ4v) is 4.39. The molecule has 0 saturated heterocycles. The molecule has 144 valence electrons. The molecule has 0 amide bonds. The van der Waals surface area contributed by atoms with Crippen LogP contribution in [0.1, 0.15) is 30.9 Å². The molecule has 6 nitrogen and oxygen atoms in total. The maximum Gasteiger partial charge on any atom is 0.187 e. The van der Waals surface area contributed by atoms with Crippen LogP contribution in [0, 0.1) is 0 Å². The van der Waals surface area contributed by atoms with E-state index >= 15 is 0 Å². The molecule has 28 heavy (non-hydrogen) atoms. The van der Waals surface area contributed by atoms with Gasteiger partial charge in [0.2, 0.25) is 0 Å². The first kappa shape index (κ1) is 18.1. The predicted octanol–water partition coefficient (Wildman–Crippen LogP) is 2.81. The van der Waals surface area contributed by atoms with E-state index in [-0.39, 0.29) is 17.3 Å². The summed E-state index contributed by atoms with van der Waals surface area (Å²) in [5, 5.41) is 13.2. The molecule has 0 saturated carbocycles. The molecule has 0 unspecified atom stereocenters. The second kappa shape index (κ2) is 6.41. The number of carbonyl (C=O) groups is 2. The smallest absolute Gasteiger partial charge is 0.187 e. The van der Waals surface area contributed by atoms with Crippen LogP contribution < -0.4 is 14.8 Å². The van der Waals surface area contributed by atoms with Crippen molar-refractivity contribution in [2.24, 2.45) is 0 Å². The van der Waals surface area contributed by atoms with Crippen LogP contribution >= 0.6 is 0 Å². The molecule has 0 radical (unpaired) electrons. The Labute approximate surface area is 162 Å². The number of benzene rings is 2. The summed E-state index contributed by atoms with van der Waals surface area (Å²) in [6, 6.07) is 12.0. The van der Waals surface area contributed by atoms with Gasteiger partial charge in [0.1, 0.15) is 28.4 Å². The first-order valence-corrected chi connectivity index (χ1v) is 9.01. The van der Waals surface area contributed by atoms with Crippen molar-refractivity contribution in [2.75, 3.05) is 7.11 Å². The zero-order chi connectivity index (χ0) is 20.1. The van der Waals surface area contributed by atoms with E-state index in [9.17, 15) is 14.7 Å². The summed E-state index contributed by atoms with van der Waals surface area (Å²) in [7, 11) is 1.58. The molecule has 0 spiro atoms. The molecular weight excluding hydrogens is 358 g/mol. The Balaban J connectivity index is 2.01. The van der Waals surface area contributed by atoms with Crippen molar-refractivity contribution in [2.45, 2.75) is 31.4 Å². The van der Waals surface area contributed by atoms with E-state index in [4.69, 9.17) is 9.47 Å². The second-order valence-electron chi connectivity index (χ2n) is 7.13. The lowest BCUT2D eigenvalue weighted by molar-refractivity contribution is -0.126. The number of carbonyl (C=O) groups excluding carboxylic acids is 2. The number of ketones is 2. The van der Waals surface area contributed by atoms with E-state index in [1.165, 1.54) is 19.9 Å². The Morgan fingerprint density at radius 2 is 1.86 bits per heavy atom. The Morgan fingerprint density at radius 1 is 1.14 bits per heavy atom. The molecule has 3 atom stereocenters. The number of phenols is 1. The first-order chi connectivity index (χ1) is 13.4. The van der Waals surface area contributed by atoms with Gasteiger partial charge in [-0.2, -0.15) is 0 Å². The van der Waals surface area contributed by atoms with Gasteiger partial charge in [-0.25, -0.2) is 0 Å². The zero-order valence-electron chi connectivity index (χ0n) is 15.9. The monoisotopic (exact) mass is 379 g/mol. The summed E-state index contributed by atoms with van der Waals surface area (Å²) in [5.41, 5.74) is 0.670. The molecule has 2 aromatic carbocycles. The molecule has 4 rings (SSSR count). The van der Waals surface area contributed by atoms with Gasteiger partial charge in [0.05, 0.1) is 7.11 Å². The lowest BCUT2D eigenvalue weighted by atomic mass is 9.60. The Morgan fingerprint density at radius 3 is 2.46 bits per heavy atom. The van der Waals surface area contributed by atoms with Crippen LogP contribution in [-0.2, 0) is 15.0 Å². The molecule has 0 bridgehead atoms. The summed E-state index contributed by atoms with van der Waals surface area (Å²) in [5.74, 6) is 0.379. The highest BCUT2D eigenvalue weighted by molar-refractivity contribution is 6.01. The topological polar surface area (TPSA) is 84.9 Å². The number of hydrogen-bond acceptors (Lipinski definition) is 6. The highest BCUT2D eigenvalue weighted by Gasteiger charge is 2.61. The number of allylic oxidation sites excluding steroid dienone is 1. The molecule has 2 N–H and O–H groups in total. The van der Waals surface area contributed by atoms with Gasteiger partial charge >= 0.3 is 0 Å². The summed E-state index contributed by atoms with van der Waals surface area (Å²) in [6.45, 7) is 2.98. The molecule has 2 heterocycles. The normalized spacial score (nSPS) is 24.9. The number of methoxy groups -OCH3 is 1. The van der Waals surface area contributed by atoms with E-state index in [0.717, 1.165) is 5.56 Å². The van der Waals surface area contributed by atoms with E-state index in [2.05, 4.69) is 5.32 Å². The average Bonchev–Trinajstić information content (AvgIpc) is 3.02. The Kier molecular flexibility index (Phi) is 4.14. The van der Waals surface area contributed by atoms with Crippen LogP contribution in [0.4, 0.5) is 0 Å². The number of fused-ring (bicyclic) bond motifs is 3. The fraction of sp³-hybridized carbons (Fsp3) is 0.273. The van der Waals surface area contributed by atoms with E-state index < -0.39 is 17.6 Å². The number of phenolic OH excluding ortho intramolecular Hbond substituents is 1. The molecule has 2 aliphatic rings. The van der Waals surface area contributed by atoms with Crippen molar-refractivity contribution in [3.63, 3.8) is 0 Å². The van der Waals surface area contributed by atoms with E-state index in [1.54, 1.807) is 37.6 Å². The van der Waals surface area contributed by atoms with Crippen molar-refractivity contribution >= 4 is 11.6 Å². The molecule has 2 aliphatic heterocycles. The molecule has 0 aliphatic carbocycles. The van der Waals surface area contributed by atoms with Crippen LogP contribution in [-0.4, -0.2) is 30.0 Å². The van der Waals surface area contributed by atoms with Gasteiger partial charge in [0, 0.05) is 23.3 Å². The summed E-state index contributed by atoms with van der Waals surface area (Å²) < 4.78 is 11.3. The average molecular weight is 379 g/mol. The van der Waals surface area contributed by atoms with Crippen molar-refractivity contribution in [3.8, 4) is 17.2 Å². The van der Waals surface area contributed by atoms with Gasteiger partial charge in [-0.05, 0) is 49.7 Å². The first-order valence-electron chi connectivity index (χ1n) is 9.01. The van der Waals surface area contributed by atoms with Crippen molar-refractivity contribution in [1.29, 1.82) is 0 Å². The number of aromatic hydroxyl groups is 1. The van der Waals surface area contributed by atoms with E-state index in [1.807, 2.05) is 12.1 Å². The third-order valence-corrected chi connectivity index (χ3v) is 5.66. The lowest BCUT2D eigenvalue weighted by Crippen LogP contribution is -2.58. The maximum absolute atomic E-state index is 13.2. The zero-order valence-corrected chi connectivity index (χ0v) is 15.9. The SMILES string of the molecule is COc1ccc([C@@H]2C(C(C)=O)=CN[C@H]3Oc4ccc(O)cc4[C@]32C(C)=O)cc1. The fourth-order valence-electron chi connectivity index (χ4n) is 4.39. The number of rotatable bonds is 4. The summed E-state index contributed by atoms with van der Waals surface area (Å²) in [4.78, 5) is 25.7. The minimum Gasteiger partial charge on any atom is -0.508 e. The van der Waals surface area contributed by atoms with E-state index in [0.29, 0.717) is 22.6 Å². The number of hydrogen-bond donors (Lipinski definition) is 2. The highest BCUT2D eigenvalue weighted by Crippen LogP contribution is 2.56. The minimum atomic E-state index is -1.18. The summed E-state index contributed by atoms with van der Waals surface area (Å²) in [6.07, 6.45) is 0.950.